The maximum absolute atomic E-state index is 11.6. The molecule has 0 aliphatic rings. The molecule has 1 aromatic rings. The Morgan fingerprint density at radius 1 is 1.50 bits per heavy atom. The number of amides is 1. The normalized spacial score (nSPS) is 12.6. The summed E-state index contributed by atoms with van der Waals surface area (Å²) in [5, 5.41) is 4.61. The van der Waals surface area contributed by atoms with Crippen molar-refractivity contribution in [3.63, 3.8) is 0 Å². The molecule has 1 heterocycles. The van der Waals surface area contributed by atoms with Crippen LogP contribution in [-0.2, 0) is 4.79 Å². The molecule has 0 unspecified atom stereocenters. The van der Waals surface area contributed by atoms with Crippen LogP contribution in [0, 0.1) is 5.92 Å². The molecule has 0 saturated carbocycles. The molecular formula is C10H15N3O2S. The standard InChI is InChI=1S/C10H15N3O2S/c1-5(2)8(11)9(15)13-10-12-7(4-16-10)6(3)14/h4-5,8H,11H2,1-3H3,(H,12,13,15)/t8-/m1/s1. The number of carbonyl (C=O) groups is 2. The monoisotopic (exact) mass is 241 g/mol. The van der Waals surface area contributed by atoms with E-state index in [1.807, 2.05) is 13.8 Å². The summed E-state index contributed by atoms with van der Waals surface area (Å²) in [6.07, 6.45) is 0. The molecule has 0 aromatic carbocycles. The molecule has 88 valence electrons. The molecule has 1 atom stereocenters. The second-order valence-corrected chi connectivity index (χ2v) is 4.71. The van der Waals surface area contributed by atoms with E-state index < -0.39 is 6.04 Å². The Hall–Kier alpha value is -1.27. The van der Waals surface area contributed by atoms with Crippen molar-refractivity contribution in [2.45, 2.75) is 26.8 Å². The van der Waals surface area contributed by atoms with Crippen LogP contribution in [0.5, 0.6) is 0 Å². The van der Waals surface area contributed by atoms with Crippen LogP contribution >= 0.6 is 11.3 Å². The molecule has 0 bridgehead atoms. The van der Waals surface area contributed by atoms with Gasteiger partial charge in [-0.15, -0.1) is 11.3 Å². The highest BCUT2D eigenvalue weighted by Crippen LogP contribution is 2.16. The minimum Gasteiger partial charge on any atom is -0.320 e. The highest BCUT2D eigenvalue weighted by Gasteiger charge is 2.18. The lowest BCUT2D eigenvalue weighted by Gasteiger charge is -2.13. The van der Waals surface area contributed by atoms with Gasteiger partial charge in [-0.1, -0.05) is 13.8 Å². The lowest BCUT2D eigenvalue weighted by Crippen LogP contribution is -2.39. The number of hydrogen-bond acceptors (Lipinski definition) is 5. The van der Waals surface area contributed by atoms with Gasteiger partial charge in [0.05, 0.1) is 6.04 Å². The third-order valence-electron chi connectivity index (χ3n) is 2.12. The zero-order valence-corrected chi connectivity index (χ0v) is 10.3. The van der Waals surface area contributed by atoms with Gasteiger partial charge in [0, 0.05) is 12.3 Å². The van der Waals surface area contributed by atoms with Gasteiger partial charge in [-0.25, -0.2) is 4.98 Å². The summed E-state index contributed by atoms with van der Waals surface area (Å²) in [4.78, 5) is 26.5. The van der Waals surface area contributed by atoms with Crippen LogP contribution in [0.15, 0.2) is 5.38 Å². The third-order valence-corrected chi connectivity index (χ3v) is 2.87. The van der Waals surface area contributed by atoms with E-state index >= 15 is 0 Å². The van der Waals surface area contributed by atoms with Gasteiger partial charge in [0.1, 0.15) is 5.69 Å². The van der Waals surface area contributed by atoms with Gasteiger partial charge in [-0.05, 0) is 5.92 Å². The van der Waals surface area contributed by atoms with E-state index in [4.69, 9.17) is 5.73 Å². The van der Waals surface area contributed by atoms with Crippen molar-refractivity contribution in [2.24, 2.45) is 11.7 Å². The maximum Gasteiger partial charge on any atom is 0.243 e. The Labute approximate surface area is 98.1 Å². The van der Waals surface area contributed by atoms with Crippen molar-refractivity contribution in [1.29, 1.82) is 0 Å². The summed E-state index contributed by atoms with van der Waals surface area (Å²) in [6.45, 7) is 5.17. The Bertz CT molecular complexity index is 401. The molecule has 3 N–H and O–H groups in total. The summed E-state index contributed by atoms with van der Waals surface area (Å²) in [6, 6.07) is -0.565. The van der Waals surface area contributed by atoms with Gasteiger partial charge in [-0.3, -0.25) is 9.59 Å². The first kappa shape index (κ1) is 12.8. The van der Waals surface area contributed by atoms with Crippen molar-refractivity contribution in [2.75, 3.05) is 5.32 Å². The zero-order chi connectivity index (χ0) is 12.3. The topological polar surface area (TPSA) is 85.1 Å². The van der Waals surface area contributed by atoms with Gasteiger partial charge in [0.2, 0.25) is 5.91 Å². The van der Waals surface area contributed by atoms with Crippen LogP contribution in [0.25, 0.3) is 0 Å². The smallest absolute Gasteiger partial charge is 0.243 e. The SMILES string of the molecule is CC(=O)c1csc(NC(=O)[C@H](N)C(C)C)n1. The lowest BCUT2D eigenvalue weighted by atomic mass is 10.1. The van der Waals surface area contributed by atoms with Gasteiger partial charge in [0.15, 0.2) is 10.9 Å². The van der Waals surface area contributed by atoms with E-state index in [2.05, 4.69) is 10.3 Å². The molecule has 0 spiro atoms. The maximum atomic E-state index is 11.6. The highest BCUT2D eigenvalue weighted by atomic mass is 32.1. The Balaban J connectivity index is 2.66. The number of ketones is 1. The number of thiazole rings is 1. The quantitative estimate of drug-likeness (QED) is 0.777. The molecular weight excluding hydrogens is 226 g/mol. The van der Waals surface area contributed by atoms with E-state index in [0.717, 1.165) is 0 Å². The third kappa shape index (κ3) is 3.11. The van der Waals surface area contributed by atoms with E-state index in [-0.39, 0.29) is 17.6 Å². The largest absolute Gasteiger partial charge is 0.320 e. The van der Waals surface area contributed by atoms with Crippen LogP contribution in [0.1, 0.15) is 31.3 Å². The molecule has 0 saturated heterocycles. The minimum absolute atomic E-state index is 0.0623. The van der Waals surface area contributed by atoms with E-state index in [9.17, 15) is 9.59 Å². The fraction of sp³-hybridized carbons (Fsp3) is 0.500. The number of aromatic nitrogens is 1. The number of carbonyl (C=O) groups excluding carboxylic acids is 2. The summed E-state index contributed by atoms with van der Waals surface area (Å²) < 4.78 is 0. The fourth-order valence-corrected chi connectivity index (χ4v) is 1.74. The van der Waals surface area contributed by atoms with Crippen LogP contribution in [0.4, 0.5) is 5.13 Å². The second-order valence-electron chi connectivity index (χ2n) is 3.85. The summed E-state index contributed by atoms with van der Waals surface area (Å²) in [7, 11) is 0. The number of nitrogens with one attached hydrogen (secondary N) is 1. The molecule has 5 nitrogen and oxygen atoms in total. The van der Waals surface area contributed by atoms with Crippen molar-refractivity contribution >= 4 is 28.2 Å². The molecule has 6 heteroatoms. The van der Waals surface area contributed by atoms with Gasteiger partial charge >= 0.3 is 0 Å². The molecule has 1 aromatic heterocycles. The first-order chi connectivity index (χ1) is 7.41. The summed E-state index contributed by atoms with van der Waals surface area (Å²) in [5.41, 5.74) is 6.03. The second kappa shape index (κ2) is 5.18. The molecule has 1 rings (SSSR count). The minimum atomic E-state index is -0.565. The van der Waals surface area contributed by atoms with Crippen molar-refractivity contribution < 1.29 is 9.59 Å². The molecule has 0 radical (unpaired) electrons. The van der Waals surface area contributed by atoms with Gasteiger partial charge < -0.3 is 11.1 Å². The zero-order valence-electron chi connectivity index (χ0n) is 9.48. The number of hydrogen-bond donors (Lipinski definition) is 2. The van der Waals surface area contributed by atoms with E-state index in [1.165, 1.54) is 18.3 Å². The molecule has 1 amide bonds. The average molecular weight is 241 g/mol. The van der Waals surface area contributed by atoms with Crippen LogP contribution in [0.3, 0.4) is 0 Å². The average Bonchev–Trinajstić information content (AvgIpc) is 2.64. The first-order valence-corrected chi connectivity index (χ1v) is 5.82. The van der Waals surface area contributed by atoms with Gasteiger partial charge in [0.25, 0.3) is 0 Å². The predicted octanol–water partition coefficient (Wildman–Crippen LogP) is 1.27. The predicted molar refractivity (Wildman–Crippen MR) is 63.6 cm³/mol. The first-order valence-electron chi connectivity index (χ1n) is 4.94. The lowest BCUT2D eigenvalue weighted by molar-refractivity contribution is -0.118. The van der Waals surface area contributed by atoms with Crippen LogP contribution in [-0.4, -0.2) is 22.7 Å². The summed E-state index contributed by atoms with van der Waals surface area (Å²) >= 11 is 1.22. The van der Waals surface area contributed by atoms with Crippen LogP contribution in [0.2, 0.25) is 0 Å². The molecule has 0 aliphatic carbocycles. The molecule has 0 fully saturated rings. The number of anilines is 1. The molecule has 16 heavy (non-hydrogen) atoms. The highest BCUT2D eigenvalue weighted by molar-refractivity contribution is 7.14. The Morgan fingerprint density at radius 2 is 2.12 bits per heavy atom. The Morgan fingerprint density at radius 3 is 2.56 bits per heavy atom. The summed E-state index contributed by atoms with van der Waals surface area (Å²) in [5.74, 6) is -0.336. The number of Topliss-reactive ketones (excluding diaryl/α,β-unsaturated/α-hetero) is 1. The molecule has 0 aliphatic heterocycles. The number of nitrogens with zero attached hydrogens (tertiary/aromatic N) is 1. The van der Waals surface area contributed by atoms with Crippen molar-refractivity contribution in [3.05, 3.63) is 11.1 Å². The number of nitrogens with two attached hydrogens (primary N) is 1. The van der Waals surface area contributed by atoms with Crippen molar-refractivity contribution in [1.82, 2.24) is 4.98 Å². The van der Waals surface area contributed by atoms with Crippen molar-refractivity contribution in [3.8, 4) is 0 Å². The Kier molecular flexibility index (Phi) is 4.14. The van der Waals surface area contributed by atoms with E-state index in [0.29, 0.717) is 10.8 Å². The van der Waals surface area contributed by atoms with E-state index in [1.54, 1.807) is 5.38 Å². The fourth-order valence-electron chi connectivity index (χ4n) is 0.984. The van der Waals surface area contributed by atoms with Crippen LogP contribution < -0.4 is 11.1 Å². The number of rotatable bonds is 4. The van der Waals surface area contributed by atoms with Gasteiger partial charge in [-0.2, -0.15) is 0 Å².